The molecule has 63 valence electrons. The number of ether oxygens (including phenoxy) is 1. The van der Waals surface area contributed by atoms with Crippen LogP contribution >= 0.6 is 0 Å². The molecule has 0 saturated heterocycles. The largest absolute Gasteiger partial charge is 0.426 e. The fraction of sp³-hybridized carbons (Fsp3) is 0.300. The van der Waals surface area contributed by atoms with Crippen molar-refractivity contribution in [1.82, 2.24) is 0 Å². The van der Waals surface area contributed by atoms with Crippen LogP contribution in [0.1, 0.15) is 18.9 Å². The van der Waals surface area contributed by atoms with Crippen molar-refractivity contribution < 1.29 is 9.53 Å². The van der Waals surface area contributed by atoms with Crippen molar-refractivity contribution in [2.45, 2.75) is 20.3 Å². The van der Waals surface area contributed by atoms with Gasteiger partial charge in [0.15, 0.2) is 0 Å². The molecule has 0 spiro atoms. The molecule has 0 aliphatic carbocycles. The molecule has 0 bridgehead atoms. The number of carbonyl (C=O) groups excluding carboxylic acids is 1. The van der Waals surface area contributed by atoms with Gasteiger partial charge < -0.3 is 4.74 Å². The Morgan fingerprint density at radius 1 is 1.67 bits per heavy atom. The first-order valence-corrected chi connectivity index (χ1v) is 3.92. The Labute approximate surface area is 72.2 Å². The SMILES string of the molecule is CCC(=O)Oc1ccc[c]c1C. The van der Waals surface area contributed by atoms with Gasteiger partial charge in [0.05, 0.1) is 0 Å². The topological polar surface area (TPSA) is 26.3 Å². The van der Waals surface area contributed by atoms with E-state index in [0.717, 1.165) is 5.56 Å². The van der Waals surface area contributed by atoms with Gasteiger partial charge in [0, 0.05) is 6.42 Å². The van der Waals surface area contributed by atoms with Crippen LogP contribution < -0.4 is 4.74 Å². The molecule has 1 aromatic carbocycles. The van der Waals surface area contributed by atoms with Gasteiger partial charge in [0.2, 0.25) is 0 Å². The third-order valence-electron chi connectivity index (χ3n) is 1.53. The number of hydrogen-bond donors (Lipinski definition) is 0. The predicted molar refractivity (Wildman–Crippen MR) is 45.9 cm³/mol. The molecule has 0 fully saturated rings. The average molecular weight is 163 g/mol. The highest BCUT2D eigenvalue weighted by molar-refractivity contribution is 5.72. The summed E-state index contributed by atoms with van der Waals surface area (Å²) in [5, 5.41) is 0. The summed E-state index contributed by atoms with van der Waals surface area (Å²) in [4.78, 5) is 10.9. The minimum atomic E-state index is -0.210. The maximum atomic E-state index is 10.9. The van der Waals surface area contributed by atoms with Crippen LogP contribution in [0.5, 0.6) is 5.75 Å². The molecule has 0 unspecified atom stereocenters. The van der Waals surface area contributed by atoms with Gasteiger partial charge in [-0.25, -0.2) is 0 Å². The van der Waals surface area contributed by atoms with E-state index in [1.165, 1.54) is 0 Å². The van der Waals surface area contributed by atoms with E-state index in [0.29, 0.717) is 12.2 Å². The third kappa shape index (κ3) is 2.09. The molecule has 2 nitrogen and oxygen atoms in total. The minimum absolute atomic E-state index is 0.210. The third-order valence-corrected chi connectivity index (χ3v) is 1.53. The van der Waals surface area contributed by atoms with Crippen LogP contribution in [0.3, 0.4) is 0 Å². The van der Waals surface area contributed by atoms with Gasteiger partial charge in [-0.2, -0.15) is 0 Å². The number of aryl methyl sites for hydroxylation is 1. The maximum absolute atomic E-state index is 10.9. The van der Waals surface area contributed by atoms with Gasteiger partial charge in [-0.3, -0.25) is 4.79 Å². The fourth-order valence-electron chi connectivity index (χ4n) is 0.810. The van der Waals surface area contributed by atoms with Crippen molar-refractivity contribution in [2.24, 2.45) is 0 Å². The quantitative estimate of drug-likeness (QED) is 0.493. The van der Waals surface area contributed by atoms with Crippen LogP contribution in [-0.2, 0) is 4.79 Å². The highest BCUT2D eigenvalue weighted by Crippen LogP contribution is 2.15. The molecule has 0 atom stereocenters. The van der Waals surface area contributed by atoms with E-state index < -0.39 is 0 Å². The van der Waals surface area contributed by atoms with Crippen molar-refractivity contribution in [1.29, 1.82) is 0 Å². The number of esters is 1. The molecule has 0 aromatic heterocycles. The van der Waals surface area contributed by atoms with Crippen molar-refractivity contribution in [2.75, 3.05) is 0 Å². The van der Waals surface area contributed by atoms with E-state index in [1.807, 2.05) is 6.92 Å². The molecule has 0 heterocycles. The van der Waals surface area contributed by atoms with Crippen molar-refractivity contribution >= 4 is 5.97 Å². The summed E-state index contributed by atoms with van der Waals surface area (Å²) >= 11 is 0. The van der Waals surface area contributed by atoms with Crippen LogP contribution in [0.2, 0.25) is 0 Å². The zero-order chi connectivity index (χ0) is 8.97. The fourth-order valence-corrected chi connectivity index (χ4v) is 0.810. The van der Waals surface area contributed by atoms with Crippen molar-refractivity contribution in [3.63, 3.8) is 0 Å². The van der Waals surface area contributed by atoms with Crippen LogP contribution in [-0.4, -0.2) is 5.97 Å². The Hall–Kier alpha value is -1.31. The summed E-state index contributed by atoms with van der Waals surface area (Å²) < 4.78 is 5.02. The highest BCUT2D eigenvalue weighted by atomic mass is 16.5. The number of benzene rings is 1. The second-order valence-corrected chi connectivity index (χ2v) is 2.49. The first kappa shape index (κ1) is 8.78. The monoisotopic (exact) mass is 163 g/mol. The van der Waals surface area contributed by atoms with Gasteiger partial charge in [0.25, 0.3) is 0 Å². The number of carbonyl (C=O) groups is 1. The minimum Gasteiger partial charge on any atom is -0.426 e. The molecule has 0 saturated carbocycles. The lowest BCUT2D eigenvalue weighted by Gasteiger charge is -2.04. The number of rotatable bonds is 2. The summed E-state index contributed by atoms with van der Waals surface area (Å²) in [6.07, 6.45) is 0.397. The lowest BCUT2D eigenvalue weighted by Crippen LogP contribution is -2.06. The van der Waals surface area contributed by atoms with Crippen LogP contribution in [0.4, 0.5) is 0 Å². The van der Waals surface area contributed by atoms with Gasteiger partial charge in [-0.1, -0.05) is 19.1 Å². The zero-order valence-electron chi connectivity index (χ0n) is 7.26. The molecule has 0 N–H and O–H groups in total. The Balaban J connectivity index is 2.75. The van der Waals surface area contributed by atoms with Gasteiger partial charge in [-0.15, -0.1) is 0 Å². The first-order valence-electron chi connectivity index (χ1n) is 3.92. The average Bonchev–Trinajstić information content (AvgIpc) is 2.09. The maximum Gasteiger partial charge on any atom is 0.310 e. The molecular weight excluding hydrogens is 152 g/mol. The zero-order valence-corrected chi connectivity index (χ0v) is 7.26. The molecule has 0 aliphatic heterocycles. The smallest absolute Gasteiger partial charge is 0.310 e. The van der Waals surface area contributed by atoms with Crippen LogP contribution in [0.25, 0.3) is 0 Å². The Bertz CT molecular complexity index is 279. The Morgan fingerprint density at radius 2 is 2.42 bits per heavy atom. The summed E-state index contributed by atoms with van der Waals surface area (Å²) in [6, 6.07) is 8.30. The molecule has 12 heavy (non-hydrogen) atoms. The predicted octanol–water partition coefficient (Wildman–Crippen LogP) is 2.11. The summed E-state index contributed by atoms with van der Waals surface area (Å²) in [5.74, 6) is 0.391. The van der Waals surface area contributed by atoms with Gasteiger partial charge in [0.1, 0.15) is 5.75 Å². The molecule has 1 aromatic rings. The van der Waals surface area contributed by atoms with Crippen molar-refractivity contribution in [3.05, 3.63) is 29.8 Å². The summed E-state index contributed by atoms with van der Waals surface area (Å²) in [5.41, 5.74) is 0.860. The molecule has 0 aliphatic rings. The standard InChI is InChI=1S/C10H11O2/c1-3-10(11)12-9-7-5-4-6-8(9)2/h4-5,7H,3H2,1-2H3. The van der Waals surface area contributed by atoms with Gasteiger partial charge in [-0.05, 0) is 24.6 Å². The van der Waals surface area contributed by atoms with E-state index >= 15 is 0 Å². The first-order chi connectivity index (χ1) is 5.74. The van der Waals surface area contributed by atoms with Crippen molar-refractivity contribution in [3.8, 4) is 5.75 Å². The van der Waals surface area contributed by atoms with E-state index in [2.05, 4.69) is 6.07 Å². The summed E-state index contributed by atoms with van der Waals surface area (Å²) in [6.45, 7) is 3.63. The van der Waals surface area contributed by atoms with Gasteiger partial charge >= 0.3 is 5.97 Å². The lowest BCUT2D eigenvalue weighted by atomic mass is 10.2. The molecule has 2 heteroatoms. The van der Waals surface area contributed by atoms with Crippen LogP contribution in [0, 0.1) is 13.0 Å². The highest BCUT2D eigenvalue weighted by Gasteiger charge is 2.02. The molecule has 1 rings (SSSR count). The van der Waals surface area contributed by atoms with E-state index in [1.54, 1.807) is 25.1 Å². The number of hydrogen-bond acceptors (Lipinski definition) is 2. The molecular formula is C10H11O2. The Morgan fingerprint density at radius 3 is 3.00 bits per heavy atom. The second-order valence-electron chi connectivity index (χ2n) is 2.49. The Kier molecular flexibility index (Phi) is 2.86. The summed E-state index contributed by atoms with van der Waals surface area (Å²) in [7, 11) is 0. The van der Waals surface area contributed by atoms with Crippen LogP contribution in [0.15, 0.2) is 18.2 Å². The second kappa shape index (κ2) is 3.90. The molecule has 1 radical (unpaired) electrons. The normalized spacial score (nSPS) is 9.50. The lowest BCUT2D eigenvalue weighted by molar-refractivity contribution is -0.134. The van der Waals surface area contributed by atoms with E-state index in [4.69, 9.17) is 4.74 Å². The molecule has 0 amide bonds. The van der Waals surface area contributed by atoms with E-state index in [-0.39, 0.29) is 5.97 Å². The van der Waals surface area contributed by atoms with E-state index in [9.17, 15) is 4.79 Å².